The van der Waals surface area contributed by atoms with Crippen LogP contribution in [0.5, 0.6) is 5.75 Å². The second-order valence-corrected chi connectivity index (χ2v) is 6.64. The summed E-state index contributed by atoms with van der Waals surface area (Å²) < 4.78 is 6.40. The first-order valence-electron chi connectivity index (χ1n) is 7.18. The summed E-state index contributed by atoms with van der Waals surface area (Å²) in [5, 5.41) is 3.52. The zero-order valence-electron chi connectivity index (χ0n) is 13.2. The van der Waals surface area contributed by atoms with Crippen LogP contribution in [0.25, 0.3) is 6.08 Å². The summed E-state index contributed by atoms with van der Waals surface area (Å²) in [6.45, 7) is 10.9. The number of ether oxygens (including phenoxy) is 1. The highest BCUT2D eigenvalue weighted by Gasteiger charge is 2.06. The Labute approximate surface area is 131 Å². The average molecular weight is 340 g/mol. The highest BCUT2D eigenvalue weighted by molar-refractivity contribution is 9.10. The minimum Gasteiger partial charge on any atom is -0.497 e. The maximum absolute atomic E-state index is 5.30. The van der Waals surface area contributed by atoms with E-state index in [4.69, 9.17) is 4.74 Å². The predicted octanol–water partition coefficient (Wildman–Crippen LogP) is 4.74. The van der Waals surface area contributed by atoms with Crippen molar-refractivity contribution in [3.63, 3.8) is 0 Å². The zero-order valence-corrected chi connectivity index (χ0v) is 14.8. The fraction of sp³-hybridized carbons (Fsp3) is 0.529. The third-order valence-corrected chi connectivity index (χ3v) is 3.89. The third kappa shape index (κ3) is 5.68. The summed E-state index contributed by atoms with van der Waals surface area (Å²) in [6.07, 6.45) is 2.25. The number of halogens is 1. The lowest BCUT2D eigenvalue weighted by Gasteiger charge is -2.15. The zero-order chi connectivity index (χ0) is 15.1. The van der Waals surface area contributed by atoms with Crippen LogP contribution in [0.1, 0.15) is 33.3 Å². The third-order valence-electron chi connectivity index (χ3n) is 3.17. The molecule has 1 aromatic carbocycles. The number of nitrogens with one attached hydrogen (secondary N) is 1. The molecule has 0 amide bonds. The minimum atomic E-state index is 0.521. The van der Waals surface area contributed by atoms with E-state index in [1.165, 1.54) is 11.1 Å². The molecule has 0 fully saturated rings. The Balaban J connectivity index is 2.90. The van der Waals surface area contributed by atoms with Gasteiger partial charge in [0.25, 0.3) is 0 Å². The Morgan fingerprint density at radius 2 is 2.00 bits per heavy atom. The first kappa shape index (κ1) is 17.3. The van der Waals surface area contributed by atoms with Crippen LogP contribution >= 0.6 is 15.9 Å². The minimum absolute atomic E-state index is 0.521. The van der Waals surface area contributed by atoms with E-state index in [1.807, 2.05) is 12.1 Å². The largest absolute Gasteiger partial charge is 0.497 e. The molecule has 0 aliphatic heterocycles. The van der Waals surface area contributed by atoms with Crippen molar-refractivity contribution in [1.82, 2.24) is 5.32 Å². The Bertz CT molecular complexity index is 452. The molecule has 0 aliphatic rings. The second-order valence-electron chi connectivity index (χ2n) is 5.79. The van der Waals surface area contributed by atoms with Gasteiger partial charge in [-0.15, -0.1) is 0 Å². The van der Waals surface area contributed by atoms with Gasteiger partial charge in [-0.3, -0.25) is 0 Å². The predicted molar refractivity (Wildman–Crippen MR) is 91.2 cm³/mol. The van der Waals surface area contributed by atoms with E-state index >= 15 is 0 Å². The standard InChI is InChI=1S/C17H26BrNO/c1-12(2)10-19-11-15(13(3)4)8-14-9-16(20-5)6-7-17(14)18/h6-9,12-13,19H,10-11H2,1-5H3/b15-8-. The van der Waals surface area contributed by atoms with Gasteiger partial charge >= 0.3 is 0 Å². The Kier molecular flexibility index (Phi) is 7.31. The molecule has 0 radical (unpaired) electrons. The first-order chi connectivity index (χ1) is 9.43. The van der Waals surface area contributed by atoms with Gasteiger partial charge in [-0.2, -0.15) is 0 Å². The number of methoxy groups -OCH3 is 1. The molecule has 0 aliphatic carbocycles. The van der Waals surface area contributed by atoms with Crippen LogP contribution in [0.2, 0.25) is 0 Å². The van der Waals surface area contributed by atoms with Crippen molar-refractivity contribution < 1.29 is 4.74 Å². The average Bonchev–Trinajstić information content (AvgIpc) is 2.39. The Hall–Kier alpha value is -0.800. The van der Waals surface area contributed by atoms with E-state index < -0.39 is 0 Å². The normalized spacial score (nSPS) is 12.3. The quantitative estimate of drug-likeness (QED) is 0.774. The van der Waals surface area contributed by atoms with E-state index in [0.717, 1.165) is 23.3 Å². The molecule has 0 bridgehead atoms. The summed E-state index contributed by atoms with van der Waals surface area (Å²) in [4.78, 5) is 0. The number of hydrogen-bond acceptors (Lipinski definition) is 2. The maximum atomic E-state index is 5.30. The van der Waals surface area contributed by atoms with Crippen LogP contribution in [0.15, 0.2) is 28.2 Å². The summed E-state index contributed by atoms with van der Waals surface area (Å²) >= 11 is 3.61. The number of hydrogen-bond donors (Lipinski definition) is 1. The van der Waals surface area contributed by atoms with Gasteiger partial charge in [0, 0.05) is 11.0 Å². The summed E-state index contributed by atoms with van der Waals surface area (Å²) in [7, 11) is 1.70. The maximum Gasteiger partial charge on any atom is 0.119 e. The highest BCUT2D eigenvalue weighted by Crippen LogP contribution is 2.26. The van der Waals surface area contributed by atoms with Crippen LogP contribution in [0, 0.1) is 11.8 Å². The van der Waals surface area contributed by atoms with E-state index in [-0.39, 0.29) is 0 Å². The molecule has 0 unspecified atom stereocenters. The van der Waals surface area contributed by atoms with Crippen molar-refractivity contribution in [3.8, 4) is 5.75 Å². The van der Waals surface area contributed by atoms with Crippen molar-refractivity contribution in [2.45, 2.75) is 27.7 Å². The molecule has 1 rings (SSSR count). The number of rotatable bonds is 7. The highest BCUT2D eigenvalue weighted by atomic mass is 79.9. The van der Waals surface area contributed by atoms with Gasteiger partial charge in [0.2, 0.25) is 0 Å². The molecule has 3 heteroatoms. The van der Waals surface area contributed by atoms with Crippen LogP contribution in [0.3, 0.4) is 0 Å². The van der Waals surface area contributed by atoms with Gasteiger partial charge in [-0.25, -0.2) is 0 Å². The van der Waals surface area contributed by atoms with Crippen molar-refractivity contribution in [2.75, 3.05) is 20.2 Å². The van der Waals surface area contributed by atoms with Crippen molar-refractivity contribution in [3.05, 3.63) is 33.8 Å². The van der Waals surface area contributed by atoms with Gasteiger partial charge < -0.3 is 10.1 Å². The van der Waals surface area contributed by atoms with Crippen LogP contribution in [0.4, 0.5) is 0 Å². The Morgan fingerprint density at radius 1 is 1.30 bits per heavy atom. The smallest absolute Gasteiger partial charge is 0.119 e. The van der Waals surface area contributed by atoms with Crippen LogP contribution in [-0.4, -0.2) is 20.2 Å². The van der Waals surface area contributed by atoms with Crippen molar-refractivity contribution >= 4 is 22.0 Å². The molecule has 0 saturated heterocycles. The van der Waals surface area contributed by atoms with E-state index in [0.29, 0.717) is 11.8 Å². The molecule has 1 N–H and O–H groups in total. The molecule has 0 atom stereocenters. The monoisotopic (exact) mass is 339 g/mol. The lowest BCUT2D eigenvalue weighted by molar-refractivity contribution is 0.414. The summed E-state index contributed by atoms with van der Waals surface area (Å²) in [5.74, 6) is 2.08. The molecular weight excluding hydrogens is 314 g/mol. The van der Waals surface area contributed by atoms with Crippen molar-refractivity contribution in [2.24, 2.45) is 11.8 Å². The molecule has 0 spiro atoms. The molecule has 20 heavy (non-hydrogen) atoms. The van der Waals surface area contributed by atoms with Gasteiger partial charge in [0.05, 0.1) is 7.11 Å². The molecule has 0 heterocycles. The van der Waals surface area contributed by atoms with Gasteiger partial charge in [0.15, 0.2) is 0 Å². The molecule has 0 saturated carbocycles. The second kappa shape index (κ2) is 8.48. The molecule has 1 aromatic rings. The SMILES string of the molecule is COc1ccc(Br)c(/C=C(/CNCC(C)C)C(C)C)c1. The molecule has 2 nitrogen and oxygen atoms in total. The lowest BCUT2D eigenvalue weighted by atomic mass is 10.00. The molecule has 112 valence electrons. The molecule has 0 aromatic heterocycles. The van der Waals surface area contributed by atoms with Crippen LogP contribution in [-0.2, 0) is 0 Å². The molecular formula is C17H26BrNO. The van der Waals surface area contributed by atoms with Gasteiger partial charge in [-0.05, 0) is 42.1 Å². The first-order valence-corrected chi connectivity index (χ1v) is 7.98. The van der Waals surface area contributed by atoms with E-state index in [9.17, 15) is 0 Å². The van der Waals surface area contributed by atoms with Gasteiger partial charge in [-0.1, -0.05) is 55.3 Å². The topological polar surface area (TPSA) is 21.3 Å². The lowest BCUT2D eigenvalue weighted by Crippen LogP contribution is -2.23. The van der Waals surface area contributed by atoms with Crippen LogP contribution < -0.4 is 10.1 Å². The number of benzene rings is 1. The van der Waals surface area contributed by atoms with Crippen molar-refractivity contribution in [1.29, 1.82) is 0 Å². The van der Waals surface area contributed by atoms with E-state index in [1.54, 1.807) is 7.11 Å². The van der Waals surface area contributed by atoms with Gasteiger partial charge in [0.1, 0.15) is 5.75 Å². The van der Waals surface area contributed by atoms with E-state index in [2.05, 4.69) is 61.1 Å². The Morgan fingerprint density at radius 3 is 2.55 bits per heavy atom. The fourth-order valence-corrected chi connectivity index (χ4v) is 2.25. The summed E-state index contributed by atoms with van der Waals surface area (Å²) in [6, 6.07) is 6.06. The summed E-state index contributed by atoms with van der Waals surface area (Å²) in [5.41, 5.74) is 2.57. The fourth-order valence-electron chi connectivity index (χ4n) is 1.89.